The molecule has 31 heavy (non-hydrogen) atoms. The number of hydrogen-bond donors (Lipinski definition) is 0. The predicted octanol–water partition coefficient (Wildman–Crippen LogP) is 6.39. The second-order valence-electron chi connectivity index (χ2n) is 9.73. The Morgan fingerprint density at radius 2 is 1.26 bits per heavy atom. The molecule has 2 aliphatic carbocycles. The van der Waals surface area contributed by atoms with Crippen LogP contribution in [0.3, 0.4) is 0 Å². The average molecular weight is 411 g/mol. The molecule has 2 nitrogen and oxygen atoms in total. The fourth-order valence-electron chi connectivity index (χ4n) is 6.25. The molecule has 3 aromatic carbocycles. The zero-order chi connectivity index (χ0) is 21.5. The average Bonchev–Trinajstić information content (AvgIpc) is 3.07. The molecular weight excluding hydrogens is 380 g/mol. The van der Waals surface area contributed by atoms with Crippen molar-refractivity contribution in [2.24, 2.45) is 16.7 Å². The van der Waals surface area contributed by atoms with Gasteiger partial charge >= 0.3 is 0 Å². The van der Waals surface area contributed by atoms with E-state index in [9.17, 15) is 4.79 Å². The first-order valence-corrected chi connectivity index (χ1v) is 11.3. The molecular formula is C29H30O2. The largest absolute Gasteiger partial charge is 0.361 e. The molecule has 0 amide bonds. The molecule has 2 heteroatoms. The van der Waals surface area contributed by atoms with E-state index in [0.29, 0.717) is 24.7 Å². The molecule has 0 aromatic heterocycles. The van der Waals surface area contributed by atoms with Crippen LogP contribution in [-0.2, 0) is 15.1 Å². The SMILES string of the molecule is CC1(C)C2CC(=O)CC21CCOC(c1ccccc1)(c1ccccc1)c1ccccc1. The standard InChI is InChI=1S/C29H30O2/c1-27(2)26-20-25(30)21-28(26,27)18-19-31-29(22-12-6-3-7-13-22,23-14-8-4-9-15-23)24-16-10-5-11-17-24/h3-17,26H,18-21H2,1-2H3. The van der Waals surface area contributed by atoms with Gasteiger partial charge in [0.05, 0.1) is 0 Å². The molecule has 0 heterocycles. The molecule has 0 bridgehead atoms. The summed E-state index contributed by atoms with van der Waals surface area (Å²) in [6.07, 6.45) is 2.38. The number of Topliss-reactive ketones (excluding diaryl/α,β-unsaturated/α-hetero) is 1. The van der Waals surface area contributed by atoms with Crippen molar-refractivity contribution in [1.82, 2.24) is 0 Å². The third-order valence-electron chi connectivity index (χ3n) is 8.09. The maximum Gasteiger partial charge on any atom is 0.143 e. The highest BCUT2D eigenvalue weighted by atomic mass is 16.5. The van der Waals surface area contributed by atoms with E-state index in [1.807, 2.05) is 18.2 Å². The summed E-state index contributed by atoms with van der Waals surface area (Å²) in [6.45, 7) is 5.26. The maximum atomic E-state index is 12.2. The number of carbonyl (C=O) groups excluding carboxylic acids is 1. The molecule has 0 spiro atoms. The van der Waals surface area contributed by atoms with Gasteiger partial charge in [-0.3, -0.25) is 4.79 Å². The lowest BCUT2D eigenvalue weighted by atomic mass is 9.80. The van der Waals surface area contributed by atoms with E-state index < -0.39 is 5.60 Å². The normalized spacial score (nSPS) is 24.1. The Balaban J connectivity index is 1.54. The van der Waals surface area contributed by atoms with Crippen LogP contribution < -0.4 is 0 Å². The van der Waals surface area contributed by atoms with Gasteiger partial charge in [-0.25, -0.2) is 0 Å². The first kappa shape index (κ1) is 20.2. The quantitative estimate of drug-likeness (QED) is 0.422. The first-order valence-electron chi connectivity index (χ1n) is 11.3. The van der Waals surface area contributed by atoms with Crippen molar-refractivity contribution < 1.29 is 9.53 Å². The van der Waals surface area contributed by atoms with Crippen LogP contribution >= 0.6 is 0 Å². The fourth-order valence-corrected chi connectivity index (χ4v) is 6.25. The molecule has 158 valence electrons. The number of ketones is 1. The Kier molecular flexibility index (Phi) is 4.86. The van der Waals surface area contributed by atoms with Crippen LogP contribution in [0.5, 0.6) is 0 Å². The Hall–Kier alpha value is -2.71. The molecule has 5 rings (SSSR count). The highest BCUT2D eigenvalue weighted by Crippen LogP contribution is 2.77. The zero-order valence-electron chi connectivity index (χ0n) is 18.4. The molecule has 2 saturated carbocycles. The van der Waals surface area contributed by atoms with Gasteiger partial charge in [0.15, 0.2) is 0 Å². The Morgan fingerprint density at radius 1 is 0.806 bits per heavy atom. The second kappa shape index (κ2) is 7.46. The Bertz CT molecular complexity index is 959. The number of benzene rings is 3. The van der Waals surface area contributed by atoms with Gasteiger partial charge < -0.3 is 4.74 Å². The minimum absolute atomic E-state index is 0.111. The van der Waals surface area contributed by atoms with Crippen molar-refractivity contribution >= 4 is 5.78 Å². The van der Waals surface area contributed by atoms with Gasteiger partial charge in [-0.1, -0.05) is 105 Å². The summed E-state index contributed by atoms with van der Waals surface area (Å²) in [4.78, 5) is 12.2. The van der Waals surface area contributed by atoms with Gasteiger partial charge in [0, 0.05) is 19.4 Å². The van der Waals surface area contributed by atoms with Crippen molar-refractivity contribution in [3.8, 4) is 0 Å². The van der Waals surface area contributed by atoms with E-state index in [-0.39, 0.29) is 10.8 Å². The lowest BCUT2D eigenvalue weighted by Gasteiger charge is -2.36. The molecule has 0 N–H and O–H groups in total. The zero-order valence-corrected chi connectivity index (χ0v) is 18.4. The minimum atomic E-state index is -0.683. The molecule has 0 radical (unpaired) electrons. The maximum absolute atomic E-state index is 12.2. The third-order valence-corrected chi connectivity index (χ3v) is 8.09. The van der Waals surface area contributed by atoms with Gasteiger partial charge in [0.2, 0.25) is 0 Å². The lowest BCUT2D eigenvalue weighted by molar-refractivity contribution is -0.119. The van der Waals surface area contributed by atoms with E-state index in [2.05, 4.69) is 86.6 Å². The van der Waals surface area contributed by atoms with Crippen LogP contribution in [0.1, 0.15) is 49.8 Å². The van der Waals surface area contributed by atoms with Gasteiger partial charge in [0.1, 0.15) is 11.4 Å². The number of carbonyl (C=O) groups is 1. The van der Waals surface area contributed by atoms with Crippen molar-refractivity contribution in [2.45, 2.75) is 38.7 Å². The summed E-state index contributed by atoms with van der Waals surface area (Å²) in [5.41, 5.74) is 3.04. The van der Waals surface area contributed by atoms with Crippen LogP contribution in [0.25, 0.3) is 0 Å². The summed E-state index contributed by atoms with van der Waals surface area (Å²) in [5.74, 6) is 0.931. The van der Waals surface area contributed by atoms with Crippen LogP contribution in [-0.4, -0.2) is 12.4 Å². The summed E-state index contributed by atoms with van der Waals surface area (Å²) in [6, 6.07) is 31.5. The van der Waals surface area contributed by atoms with Gasteiger partial charge in [-0.2, -0.15) is 0 Å². The Morgan fingerprint density at radius 3 is 1.68 bits per heavy atom. The highest BCUT2D eigenvalue weighted by Gasteiger charge is 2.73. The van der Waals surface area contributed by atoms with Gasteiger partial charge in [-0.15, -0.1) is 0 Å². The van der Waals surface area contributed by atoms with Crippen molar-refractivity contribution in [1.29, 1.82) is 0 Å². The van der Waals surface area contributed by atoms with E-state index in [1.54, 1.807) is 0 Å². The van der Waals surface area contributed by atoms with Crippen molar-refractivity contribution in [2.75, 3.05) is 6.61 Å². The molecule has 0 aliphatic heterocycles. The molecule has 2 fully saturated rings. The first-order chi connectivity index (χ1) is 15.0. The van der Waals surface area contributed by atoms with Crippen molar-refractivity contribution in [3.05, 3.63) is 108 Å². The van der Waals surface area contributed by atoms with Crippen LogP contribution in [0.4, 0.5) is 0 Å². The Labute approximate surface area is 185 Å². The van der Waals surface area contributed by atoms with Gasteiger partial charge in [-0.05, 0) is 39.9 Å². The van der Waals surface area contributed by atoms with Crippen molar-refractivity contribution in [3.63, 3.8) is 0 Å². The number of hydrogen-bond acceptors (Lipinski definition) is 2. The molecule has 2 aliphatic rings. The summed E-state index contributed by atoms with van der Waals surface area (Å²) in [7, 11) is 0. The van der Waals surface area contributed by atoms with E-state index in [1.165, 1.54) is 0 Å². The monoisotopic (exact) mass is 410 g/mol. The molecule has 0 saturated heterocycles. The van der Waals surface area contributed by atoms with E-state index in [4.69, 9.17) is 4.74 Å². The predicted molar refractivity (Wildman–Crippen MR) is 124 cm³/mol. The van der Waals surface area contributed by atoms with E-state index >= 15 is 0 Å². The highest BCUT2D eigenvalue weighted by molar-refractivity contribution is 5.84. The van der Waals surface area contributed by atoms with Gasteiger partial charge in [0.25, 0.3) is 0 Å². The summed E-state index contributed by atoms with van der Waals surface area (Å²) >= 11 is 0. The van der Waals surface area contributed by atoms with Crippen LogP contribution in [0.2, 0.25) is 0 Å². The molecule has 3 aromatic rings. The second-order valence-corrected chi connectivity index (χ2v) is 9.73. The number of fused-ring (bicyclic) bond motifs is 1. The number of rotatable bonds is 7. The molecule has 2 atom stereocenters. The van der Waals surface area contributed by atoms with Crippen LogP contribution in [0, 0.1) is 16.7 Å². The third kappa shape index (κ3) is 3.08. The minimum Gasteiger partial charge on any atom is -0.361 e. The number of ether oxygens (including phenoxy) is 1. The summed E-state index contributed by atoms with van der Waals surface area (Å²) in [5, 5.41) is 0. The smallest absolute Gasteiger partial charge is 0.143 e. The van der Waals surface area contributed by atoms with Crippen LogP contribution in [0.15, 0.2) is 91.0 Å². The lowest BCUT2D eigenvalue weighted by Crippen LogP contribution is -2.34. The van der Waals surface area contributed by atoms with E-state index in [0.717, 1.165) is 29.5 Å². The topological polar surface area (TPSA) is 26.3 Å². The molecule has 2 unspecified atom stereocenters. The summed E-state index contributed by atoms with van der Waals surface area (Å²) < 4.78 is 6.96. The fraction of sp³-hybridized carbons (Fsp3) is 0.345.